The Kier molecular flexibility index (Phi) is 3.37. The van der Waals surface area contributed by atoms with E-state index in [0.717, 1.165) is 5.56 Å². The maximum absolute atomic E-state index is 9.96. The third-order valence-electron chi connectivity index (χ3n) is 2.50. The van der Waals surface area contributed by atoms with Crippen LogP contribution in [0.1, 0.15) is 11.3 Å². The summed E-state index contributed by atoms with van der Waals surface area (Å²) in [5.41, 5.74) is 1.91. The van der Waals surface area contributed by atoms with Crippen molar-refractivity contribution < 1.29 is 15.3 Å². The molecule has 1 heterocycles. The third-order valence-corrected chi connectivity index (χ3v) is 2.50. The van der Waals surface area contributed by atoms with Gasteiger partial charge in [0.25, 0.3) is 0 Å². The van der Waals surface area contributed by atoms with Gasteiger partial charge in [-0.25, -0.2) is 4.98 Å². The first-order chi connectivity index (χ1) is 8.26. The lowest BCUT2D eigenvalue weighted by Crippen LogP contribution is -1.97. The summed E-state index contributed by atoms with van der Waals surface area (Å²) in [7, 11) is 0. The fourth-order valence-corrected chi connectivity index (χ4v) is 1.65. The predicted octanol–water partition coefficient (Wildman–Crippen LogP) is 1.44. The molecule has 1 aromatic heterocycles. The number of pyridine rings is 1. The number of rotatable bonds is 3. The van der Waals surface area contributed by atoms with E-state index < -0.39 is 0 Å². The quantitative estimate of drug-likeness (QED) is 0.747. The molecular weight excluding hydrogens is 218 g/mol. The Hall–Kier alpha value is -1.91. The van der Waals surface area contributed by atoms with Crippen LogP contribution in [0.2, 0.25) is 0 Å². The Labute approximate surface area is 98.8 Å². The number of benzene rings is 1. The zero-order chi connectivity index (χ0) is 12.3. The first-order valence-corrected chi connectivity index (χ1v) is 5.25. The highest BCUT2D eigenvalue weighted by Crippen LogP contribution is 2.30. The molecule has 17 heavy (non-hydrogen) atoms. The molecule has 0 fully saturated rings. The van der Waals surface area contributed by atoms with Crippen molar-refractivity contribution in [2.75, 3.05) is 0 Å². The summed E-state index contributed by atoms with van der Waals surface area (Å²) >= 11 is 0. The topological polar surface area (TPSA) is 73.6 Å². The van der Waals surface area contributed by atoms with E-state index in [-0.39, 0.29) is 19.0 Å². The minimum absolute atomic E-state index is 0.0455. The molecule has 0 saturated heterocycles. The van der Waals surface area contributed by atoms with Gasteiger partial charge in [-0.1, -0.05) is 30.3 Å². The summed E-state index contributed by atoms with van der Waals surface area (Å²) < 4.78 is 0. The van der Waals surface area contributed by atoms with Gasteiger partial charge in [-0.3, -0.25) is 0 Å². The van der Waals surface area contributed by atoms with Crippen LogP contribution in [-0.2, 0) is 13.2 Å². The lowest BCUT2D eigenvalue weighted by atomic mass is 10.1. The van der Waals surface area contributed by atoms with Gasteiger partial charge in [-0.05, 0) is 6.07 Å². The molecule has 2 rings (SSSR count). The minimum atomic E-state index is -0.290. The van der Waals surface area contributed by atoms with Crippen molar-refractivity contribution in [1.82, 2.24) is 4.98 Å². The summed E-state index contributed by atoms with van der Waals surface area (Å²) in [6, 6.07) is 10.6. The molecule has 4 heteroatoms. The Morgan fingerprint density at radius 2 is 1.71 bits per heavy atom. The van der Waals surface area contributed by atoms with Crippen molar-refractivity contribution in [1.29, 1.82) is 0 Å². The molecule has 0 saturated carbocycles. The van der Waals surface area contributed by atoms with Crippen LogP contribution in [0.4, 0.5) is 0 Å². The SMILES string of the molecule is OCc1cc(CO)c(O)c(-c2ccccc2)n1. The van der Waals surface area contributed by atoms with Crippen LogP contribution in [0, 0.1) is 0 Å². The van der Waals surface area contributed by atoms with Gasteiger partial charge in [-0.2, -0.15) is 0 Å². The number of aliphatic hydroxyl groups is 2. The van der Waals surface area contributed by atoms with E-state index in [1.165, 1.54) is 6.07 Å². The zero-order valence-corrected chi connectivity index (χ0v) is 9.17. The molecular formula is C13H13NO3. The monoisotopic (exact) mass is 231 g/mol. The highest BCUT2D eigenvalue weighted by molar-refractivity contribution is 5.67. The summed E-state index contributed by atoms with van der Waals surface area (Å²) in [5.74, 6) is -0.0455. The van der Waals surface area contributed by atoms with E-state index in [1.54, 1.807) is 0 Å². The second kappa shape index (κ2) is 4.95. The predicted molar refractivity (Wildman–Crippen MR) is 63.2 cm³/mol. The lowest BCUT2D eigenvalue weighted by Gasteiger charge is -2.09. The highest BCUT2D eigenvalue weighted by Gasteiger charge is 2.12. The van der Waals surface area contributed by atoms with Gasteiger partial charge in [0.15, 0.2) is 0 Å². The van der Waals surface area contributed by atoms with Crippen molar-refractivity contribution in [3.05, 3.63) is 47.7 Å². The van der Waals surface area contributed by atoms with Gasteiger partial charge < -0.3 is 15.3 Å². The fraction of sp³-hybridized carbons (Fsp3) is 0.154. The molecule has 0 radical (unpaired) electrons. The minimum Gasteiger partial charge on any atom is -0.505 e. The Morgan fingerprint density at radius 1 is 1.00 bits per heavy atom. The molecule has 0 bridgehead atoms. The van der Waals surface area contributed by atoms with E-state index in [4.69, 9.17) is 10.2 Å². The number of hydrogen-bond donors (Lipinski definition) is 3. The fourth-order valence-electron chi connectivity index (χ4n) is 1.65. The highest BCUT2D eigenvalue weighted by atomic mass is 16.3. The van der Waals surface area contributed by atoms with E-state index in [9.17, 15) is 5.11 Å². The second-order valence-electron chi connectivity index (χ2n) is 3.65. The van der Waals surface area contributed by atoms with Crippen molar-refractivity contribution >= 4 is 0 Å². The molecule has 0 amide bonds. The normalized spacial score (nSPS) is 10.5. The summed E-state index contributed by atoms with van der Waals surface area (Å²) in [5, 5.41) is 28.2. The van der Waals surface area contributed by atoms with Crippen LogP contribution < -0.4 is 0 Å². The van der Waals surface area contributed by atoms with Crippen molar-refractivity contribution in [2.24, 2.45) is 0 Å². The smallest absolute Gasteiger partial charge is 0.147 e. The average molecular weight is 231 g/mol. The number of aromatic hydroxyl groups is 1. The van der Waals surface area contributed by atoms with Crippen LogP contribution in [0.3, 0.4) is 0 Å². The van der Waals surface area contributed by atoms with Crippen LogP contribution in [0.25, 0.3) is 11.3 Å². The van der Waals surface area contributed by atoms with Gasteiger partial charge in [0.05, 0.1) is 18.9 Å². The second-order valence-corrected chi connectivity index (χ2v) is 3.65. The van der Waals surface area contributed by atoms with Gasteiger partial charge >= 0.3 is 0 Å². The lowest BCUT2D eigenvalue weighted by molar-refractivity contribution is 0.268. The van der Waals surface area contributed by atoms with Crippen LogP contribution in [0.15, 0.2) is 36.4 Å². The first kappa shape index (κ1) is 11.6. The molecule has 3 N–H and O–H groups in total. The molecule has 0 atom stereocenters. The first-order valence-electron chi connectivity index (χ1n) is 5.25. The van der Waals surface area contributed by atoms with E-state index in [0.29, 0.717) is 17.0 Å². The molecule has 1 aromatic carbocycles. The van der Waals surface area contributed by atoms with Crippen LogP contribution in [0.5, 0.6) is 5.75 Å². The molecule has 2 aromatic rings. The van der Waals surface area contributed by atoms with Crippen molar-refractivity contribution in [2.45, 2.75) is 13.2 Å². The number of aliphatic hydroxyl groups excluding tert-OH is 2. The van der Waals surface area contributed by atoms with Gasteiger partial charge in [-0.15, -0.1) is 0 Å². The van der Waals surface area contributed by atoms with E-state index in [1.807, 2.05) is 30.3 Å². The summed E-state index contributed by atoms with van der Waals surface area (Å²) in [6.07, 6.45) is 0. The van der Waals surface area contributed by atoms with Gasteiger partial charge in [0, 0.05) is 11.1 Å². The number of hydrogen-bond acceptors (Lipinski definition) is 4. The van der Waals surface area contributed by atoms with Crippen molar-refractivity contribution in [3.8, 4) is 17.0 Å². The molecule has 0 aliphatic carbocycles. The Balaban J connectivity index is 2.60. The number of nitrogens with zero attached hydrogens (tertiary/aromatic N) is 1. The van der Waals surface area contributed by atoms with E-state index >= 15 is 0 Å². The molecule has 88 valence electrons. The van der Waals surface area contributed by atoms with Crippen LogP contribution in [-0.4, -0.2) is 20.3 Å². The van der Waals surface area contributed by atoms with E-state index in [2.05, 4.69) is 4.98 Å². The number of aromatic nitrogens is 1. The van der Waals surface area contributed by atoms with Crippen LogP contribution >= 0.6 is 0 Å². The summed E-state index contributed by atoms with van der Waals surface area (Å²) in [4.78, 5) is 4.16. The third kappa shape index (κ3) is 2.27. The standard InChI is InChI=1S/C13H13NO3/c15-7-10-6-11(8-16)14-12(13(10)17)9-4-2-1-3-5-9/h1-6,15-17H,7-8H2. The molecule has 0 aliphatic heterocycles. The molecule has 0 aliphatic rings. The van der Waals surface area contributed by atoms with Crippen molar-refractivity contribution in [3.63, 3.8) is 0 Å². The maximum Gasteiger partial charge on any atom is 0.147 e. The summed E-state index contributed by atoms with van der Waals surface area (Å²) in [6.45, 7) is -0.520. The molecule has 0 spiro atoms. The average Bonchev–Trinajstić information content (AvgIpc) is 2.40. The Morgan fingerprint density at radius 3 is 2.29 bits per heavy atom. The van der Waals surface area contributed by atoms with Gasteiger partial charge in [0.2, 0.25) is 0 Å². The Bertz CT molecular complexity index is 512. The molecule has 0 unspecified atom stereocenters. The largest absolute Gasteiger partial charge is 0.505 e. The zero-order valence-electron chi connectivity index (χ0n) is 9.17. The molecule has 4 nitrogen and oxygen atoms in total. The maximum atomic E-state index is 9.96. The van der Waals surface area contributed by atoms with Gasteiger partial charge in [0.1, 0.15) is 11.4 Å².